The van der Waals surface area contributed by atoms with Crippen molar-refractivity contribution in [1.29, 1.82) is 0 Å². The van der Waals surface area contributed by atoms with Crippen LogP contribution in [0.1, 0.15) is 27.6 Å². The molecule has 1 saturated heterocycles. The zero-order chi connectivity index (χ0) is 17.8. The molecule has 0 spiro atoms. The summed E-state index contributed by atoms with van der Waals surface area (Å²) < 4.78 is 12.9. The van der Waals surface area contributed by atoms with Crippen LogP contribution in [-0.2, 0) is 0 Å². The molecular weight excluding hydrogens is 321 g/mol. The van der Waals surface area contributed by atoms with E-state index in [0.717, 1.165) is 13.1 Å². The molecular formula is C19H20FN3O2. The van der Waals surface area contributed by atoms with Gasteiger partial charge >= 0.3 is 0 Å². The Morgan fingerprint density at radius 2 is 1.92 bits per heavy atom. The number of amides is 2. The van der Waals surface area contributed by atoms with Gasteiger partial charge in [0, 0.05) is 42.5 Å². The molecule has 130 valence electrons. The standard InChI is InChI=1S/C19H20FN3O2/c1-13-12-21-9-10-23(13)19(25)15-3-2-4-17(11-15)22-18(24)14-5-7-16(20)8-6-14/h2-8,11,13,21H,9-10,12H2,1H3,(H,22,24)/t13-/m1/s1. The minimum absolute atomic E-state index is 0.0492. The average molecular weight is 341 g/mol. The van der Waals surface area contributed by atoms with Crippen LogP contribution in [0.5, 0.6) is 0 Å². The molecule has 0 saturated carbocycles. The van der Waals surface area contributed by atoms with Gasteiger partial charge in [-0.15, -0.1) is 0 Å². The molecule has 1 heterocycles. The van der Waals surface area contributed by atoms with E-state index in [-0.39, 0.29) is 17.9 Å². The summed E-state index contributed by atoms with van der Waals surface area (Å²) in [7, 11) is 0. The van der Waals surface area contributed by atoms with E-state index in [9.17, 15) is 14.0 Å². The molecule has 2 amide bonds. The van der Waals surface area contributed by atoms with Gasteiger partial charge in [-0.3, -0.25) is 9.59 Å². The highest BCUT2D eigenvalue weighted by atomic mass is 19.1. The number of anilines is 1. The van der Waals surface area contributed by atoms with Crippen LogP contribution in [0.3, 0.4) is 0 Å². The third-order valence-corrected chi connectivity index (χ3v) is 4.24. The highest BCUT2D eigenvalue weighted by Crippen LogP contribution is 2.16. The first kappa shape index (κ1) is 17.1. The maximum atomic E-state index is 12.9. The SMILES string of the molecule is C[C@@H]1CNCCN1C(=O)c1cccc(NC(=O)c2ccc(F)cc2)c1. The number of hydrogen-bond donors (Lipinski definition) is 2. The summed E-state index contributed by atoms with van der Waals surface area (Å²) in [5.74, 6) is -0.790. The Hall–Kier alpha value is -2.73. The molecule has 1 aliphatic rings. The minimum atomic E-state index is -0.394. The summed E-state index contributed by atoms with van der Waals surface area (Å²) >= 11 is 0. The van der Waals surface area contributed by atoms with Crippen molar-refractivity contribution >= 4 is 17.5 Å². The lowest BCUT2D eigenvalue weighted by molar-refractivity contribution is 0.0655. The Bertz CT molecular complexity index is 776. The van der Waals surface area contributed by atoms with Crippen LogP contribution in [0.25, 0.3) is 0 Å². The molecule has 0 aliphatic carbocycles. The molecule has 1 aliphatic heterocycles. The van der Waals surface area contributed by atoms with Crippen LogP contribution in [0.4, 0.5) is 10.1 Å². The van der Waals surface area contributed by atoms with E-state index >= 15 is 0 Å². The quantitative estimate of drug-likeness (QED) is 0.902. The number of piperazine rings is 1. The molecule has 3 rings (SSSR count). The molecule has 0 bridgehead atoms. The number of halogens is 1. The van der Waals surface area contributed by atoms with Crippen LogP contribution < -0.4 is 10.6 Å². The van der Waals surface area contributed by atoms with Crippen molar-refractivity contribution in [3.63, 3.8) is 0 Å². The fourth-order valence-corrected chi connectivity index (χ4v) is 2.84. The second kappa shape index (κ2) is 7.44. The Labute approximate surface area is 145 Å². The van der Waals surface area contributed by atoms with Gasteiger partial charge in [0.15, 0.2) is 0 Å². The number of benzene rings is 2. The highest BCUT2D eigenvalue weighted by molar-refractivity contribution is 6.05. The topological polar surface area (TPSA) is 61.4 Å². The summed E-state index contributed by atoms with van der Waals surface area (Å²) in [6, 6.07) is 12.3. The van der Waals surface area contributed by atoms with Crippen LogP contribution in [0, 0.1) is 5.82 Å². The van der Waals surface area contributed by atoms with E-state index < -0.39 is 5.82 Å². The van der Waals surface area contributed by atoms with Crippen molar-refractivity contribution in [3.8, 4) is 0 Å². The normalized spacial score (nSPS) is 17.2. The van der Waals surface area contributed by atoms with Crippen molar-refractivity contribution in [1.82, 2.24) is 10.2 Å². The van der Waals surface area contributed by atoms with Crippen LogP contribution in [0.2, 0.25) is 0 Å². The lowest BCUT2D eigenvalue weighted by atomic mass is 10.1. The molecule has 0 radical (unpaired) electrons. The maximum absolute atomic E-state index is 12.9. The lowest BCUT2D eigenvalue weighted by Crippen LogP contribution is -2.52. The van der Waals surface area contributed by atoms with Gasteiger partial charge < -0.3 is 15.5 Å². The second-order valence-corrected chi connectivity index (χ2v) is 6.09. The number of carbonyl (C=O) groups is 2. The minimum Gasteiger partial charge on any atom is -0.333 e. The zero-order valence-corrected chi connectivity index (χ0v) is 14.0. The van der Waals surface area contributed by atoms with Gasteiger partial charge in [0.25, 0.3) is 11.8 Å². The number of nitrogens with zero attached hydrogens (tertiary/aromatic N) is 1. The number of hydrogen-bond acceptors (Lipinski definition) is 3. The van der Waals surface area contributed by atoms with Gasteiger partial charge in [-0.2, -0.15) is 0 Å². The molecule has 0 unspecified atom stereocenters. The Morgan fingerprint density at radius 3 is 2.64 bits per heavy atom. The average Bonchev–Trinajstić information content (AvgIpc) is 2.62. The third kappa shape index (κ3) is 4.03. The summed E-state index contributed by atoms with van der Waals surface area (Å²) in [5, 5.41) is 6.00. The first-order valence-electron chi connectivity index (χ1n) is 8.23. The molecule has 1 atom stereocenters. The second-order valence-electron chi connectivity index (χ2n) is 6.09. The molecule has 0 aromatic heterocycles. The van der Waals surface area contributed by atoms with Crippen molar-refractivity contribution < 1.29 is 14.0 Å². The Morgan fingerprint density at radius 1 is 1.16 bits per heavy atom. The summed E-state index contributed by atoms with van der Waals surface area (Å²) in [4.78, 5) is 26.8. The van der Waals surface area contributed by atoms with Gasteiger partial charge in [-0.05, 0) is 49.4 Å². The van der Waals surface area contributed by atoms with Crippen molar-refractivity contribution in [2.24, 2.45) is 0 Å². The van der Waals surface area contributed by atoms with Crippen molar-refractivity contribution in [3.05, 3.63) is 65.5 Å². The first-order chi connectivity index (χ1) is 12.0. The van der Waals surface area contributed by atoms with E-state index in [1.54, 1.807) is 24.3 Å². The molecule has 6 heteroatoms. The summed E-state index contributed by atoms with van der Waals surface area (Å²) in [5.41, 5.74) is 1.42. The maximum Gasteiger partial charge on any atom is 0.255 e. The molecule has 5 nitrogen and oxygen atoms in total. The molecule has 2 N–H and O–H groups in total. The third-order valence-electron chi connectivity index (χ3n) is 4.24. The van der Waals surface area contributed by atoms with E-state index in [1.165, 1.54) is 24.3 Å². The number of carbonyl (C=O) groups excluding carboxylic acids is 2. The molecule has 2 aromatic carbocycles. The van der Waals surface area contributed by atoms with Gasteiger partial charge in [-0.25, -0.2) is 4.39 Å². The van der Waals surface area contributed by atoms with Crippen molar-refractivity contribution in [2.75, 3.05) is 25.0 Å². The highest BCUT2D eigenvalue weighted by Gasteiger charge is 2.24. The van der Waals surface area contributed by atoms with Crippen LogP contribution in [-0.4, -0.2) is 42.4 Å². The number of nitrogens with one attached hydrogen (secondary N) is 2. The van der Waals surface area contributed by atoms with Crippen LogP contribution >= 0.6 is 0 Å². The van der Waals surface area contributed by atoms with Crippen molar-refractivity contribution in [2.45, 2.75) is 13.0 Å². The predicted molar refractivity (Wildman–Crippen MR) is 94.2 cm³/mol. The van der Waals surface area contributed by atoms with Gasteiger partial charge in [-0.1, -0.05) is 6.07 Å². The van der Waals surface area contributed by atoms with E-state index in [2.05, 4.69) is 10.6 Å². The largest absolute Gasteiger partial charge is 0.333 e. The molecule has 2 aromatic rings. The predicted octanol–water partition coefficient (Wildman–Crippen LogP) is 2.51. The fraction of sp³-hybridized carbons (Fsp3) is 0.263. The Kier molecular flexibility index (Phi) is 5.09. The monoisotopic (exact) mass is 341 g/mol. The van der Waals surface area contributed by atoms with E-state index in [0.29, 0.717) is 23.4 Å². The summed E-state index contributed by atoms with van der Waals surface area (Å²) in [6.07, 6.45) is 0. The van der Waals surface area contributed by atoms with Gasteiger partial charge in [0.1, 0.15) is 5.82 Å². The fourth-order valence-electron chi connectivity index (χ4n) is 2.84. The lowest BCUT2D eigenvalue weighted by Gasteiger charge is -2.34. The van der Waals surface area contributed by atoms with Gasteiger partial charge in [0.2, 0.25) is 0 Å². The Balaban J connectivity index is 1.73. The zero-order valence-electron chi connectivity index (χ0n) is 14.0. The van der Waals surface area contributed by atoms with E-state index in [4.69, 9.17) is 0 Å². The smallest absolute Gasteiger partial charge is 0.255 e. The molecule has 1 fully saturated rings. The summed E-state index contributed by atoms with van der Waals surface area (Å²) in [6.45, 7) is 4.21. The van der Waals surface area contributed by atoms with E-state index in [1.807, 2.05) is 11.8 Å². The number of rotatable bonds is 3. The first-order valence-corrected chi connectivity index (χ1v) is 8.23. The van der Waals surface area contributed by atoms with Gasteiger partial charge in [0.05, 0.1) is 0 Å². The molecule has 25 heavy (non-hydrogen) atoms. The van der Waals surface area contributed by atoms with Crippen LogP contribution in [0.15, 0.2) is 48.5 Å².